The van der Waals surface area contributed by atoms with E-state index in [1.54, 1.807) is 0 Å². The highest BCUT2D eigenvalue weighted by Gasteiger charge is 2.15. The van der Waals surface area contributed by atoms with E-state index in [0.717, 1.165) is 46.4 Å². The van der Waals surface area contributed by atoms with Gasteiger partial charge in [0.2, 0.25) is 5.91 Å². The van der Waals surface area contributed by atoms with Crippen LogP contribution in [0.5, 0.6) is 0 Å². The third kappa shape index (κ3) is 4.98. The molecule has 0 aliphatic carbocycles. The van der Waals surface area contributed by atoms with E-state index in [2.05, 4.69) is 46.4 Å². The normalized spacial score (nSPS) is 10.8. The molecule has 0 radical (unpaired) electrons. The number of anilines is 2. The zero-order chi connectivity index (χ0) is 20.8. The lowest BCUT2D eigenvalue weighted by molar-refractivity contribution is -0.113. The average molecular weight is 410 g/mol. The lowest BCUT2D eigenvalue weighted by atomic mass is 10.1. The highest BCUT2D eigenvalue weighted by molar-refractivity contribution is 7.99. The number of carbonyl (C=O) groups is 1. The fourth-order valence-electron chi connectivity index (χ4n) is 3.08. The zero-order valence-electron chi connectivity index (χ0n) is 17.3. The van der Waals surface area contributed by atoms with Gasteiger partial charge in [-0.05, 0) is 37.1 Å². The topological polar surface area (TPSA) is 63.1 Å². The summed E-state index contributed by atoms with van der Waals surface area (Å²) in [6, 6.07) is 16.1. The van der Waals surface area contributed by atoms with E-state index in [1.165, 1.54) is 11.8 Å². The van der Waals surface area contributed by atoms with E-state index in [0.29, 0.717) is 0 Å². The smallest absolute Gasteiger partial charge is 0.234 e. The van der Waals surface area contributed by atoms with Crippen LogP contribution in [-0.2, 0) is 17.8 Å². The number of hydrogen-bond acceptors (Lipinski definition) is 5. The van der Waals surface area contributed by atoms with Gasteiger partial charge >= 0.3 is 0 Å². The summed E-state index contributed by atoms with van der Waals surface area (Å²) < 4.78 is 2.05. The van der Waals surface area contributed by atoms with E-state index < -0.39 is 0 Å². The quantitative estimate of drug-likeness (QED) is 0.561. The summed E-state index contributed by atoms with van der Waals surface area (Å²) in [5.74, 6) is 1.06. The Bertz CT molecular complexity index is 983. The Kier molecular flexibility index (Phi) is 6.93. The Balaban J connectivity index is 1.72. The summed E-state index contributed by atoms with van der Waals surface area (Å²) in [6.45, 7) is 4.87. The average Bonchev–Trinajstić information content (AvgIpc) is 3.15. The Hall–Kier alpha value is -2.80. The third-order valence-corrected chi connectivity index (χ3v) is 5.63. The van der Waals surface area contributed by atoms with Crippen LogP contribution in [0.4, 0.5) is 11.4 Å². The lowest BCUT2D eigenvalue weighted by Crippen LogP contribution is -2.15. The standard InChI is InChI=1S/C22H27N5OS/c1-5-16-10-7-8-13-19(16)23-20(28)15-29-22-25-24-21(27(22)6-2)17-11-9-12-18(14-17)26(3)4/h7-14H,5-6,15H2,1-4H3,(H,23,28). The van der Waals surface area contributed by atoms with Crippen molar-refractivity contribution in [1.29, 1.82) is 0 Å². The van der Waals surface area contributed by atoms with E-state index in [1.807, 2.05) is 55.1 Å². The van der Waals surface area contributed by atoms with Gasteiger partial charge in [-0.3, -0.25) is 4.79 Å². The van der Waals surface area contributed by atoms with Crippen molar-refractivity contribution in [3.8, 4) is 11.4 Å². The van der Waals surface area contributed by atoms with E-state index in [9.17, 15) is 4.79 Å². The number of nitrogens with zero attached hydrogens (tertiary/aromatic N) is 4. The molecular formula is C22H27N5OS. The first kappa shape index (κ1) is 20.9. The summed E-state index contributed by atoms with van der Waals surface area (Å²) in [6.07, 6.45) is 0.878. The molecule has 1 aromatic heterocycles. The molecule has 29 heavy (non-hydrogen) atoms. The van der Waals surface area contributed by atoms with Crippen molar-refractivity contribution in [1.82, 2.24) is 14.8 Å². The molecule has 0 atom stereocenters. The predicted octanol–water partition coefficient (Wildman–Crippen LogP) is 4.32. The summed E-state index contributed by atoms with van der Waals surface area (Å²) in [7, 11) is 4.03. The van der Waals surface area contributed by atoms with Crippen LogP contribution < -0.4 is 10.2 Å². The molecule has 6 nitrogen and oxygen atoms in total. The number of carbonyl (C=O) groups excluding carboxylic acids is 1. The summed E-state index contributed by atoms with van der Waals surface area (Å²) >= 11 is 1.41. The number of rotatable bonds is 8. The Morgan fingerprint density at radius 3 is 2.62 bits per heavy atom. The van der Waals surface area contributed by atoms with Gasteiger partial charge in [0.05, 0.1) is 5.75 Å². The lowest BCUT2D eigenvalue weighted by Gasteiger charge is -2.14. The van der Waals surface area contributed by atoms with E-state index in [4.69, 9.17) is 0 Å². The first-order valence-corrected chi connectivity index (χ1v) is 10.7. The van der Waals surface area contributed by atoms with Crippen LogP contribution in [-0.4, -0.2) is 40.5 Å². The van der Waals surface area contributed by atoms with E-state index in [-0.39, 0.29) is 11.7 Å². The molecule has 0 saturated carbocycles. The minimum Gasteiger partial charge on any atom is -0.378 e. The van der Waals surface area contributed by atoms with Crippen LogP contribution in [0.2, 0.25) is 0 Å². The van der Waals surface area contributed by atoms with Crippen LogP contribution in [0.25, 0.3) is 11.4 Å². The van der Waals surface area contributed by atoms with Crippen LogP contribution in [0.3, 0.4) is 0 Å². The molecule has 1 N–H and O–H groups in total. The number of hydrogen-bond donors (Lipinski definition) is 1. The van der Waals surface area contributed by atoms with Crippen molar-refractivity contribution >= 4 is 29.0 Å². The number of nitrogens with one attached hydrogen (secondary N) is 1. The van der Waals surface area contributed by atoms with Gasteiger partial charge in [-0.2, -0.15) is 0 Å². The molecule has 7 heteroatoms. The minimum absolute atomic E-state index is 0.0438. The minimum atomic E-state index is -0.0438. The number of aryl methyl sites for hydroxylation is 1. The molecule has 0 fully saturated rings. The number of amides is 1. The number of aromatic nitrogens is 3. The van der Waals surface area contributed by atoms with E-state index >= 15 is 0 Å². The van der Waals surface area contributed by atoms with Crippen LogP contribution in [0, 0.1) is 0 Å². The van der Waals surface area contributed by atoms with Crippen LogP contribution in [0.1, 0.15) is 19.4 Å². The van der Waals surface area contributed by atoms with Gasteiger partial charge in [-0.1, -0.05) is 49.0 Å². The SMILES string of the molecule is CCc1ccccc1NC(=O)CSc1nnc(-c2cccc(N(C)C)c2)n1CC. The molecule has 1 heterocycles. The molecule has 0 spiro atoms. The second-order valence-electron chi connectivity index (χ2n) is 6.84. The van der Waals surface area contributed by atoms with Crippen molar-refractivity contribution in [3.63, 3.8) is 0 Å². The molecule has 152 valence electrons. The molecule has 0 bridgehead atoms. The fraction of sp³-hybridized carbons (Fsp3) is 0.318. The molecule has 3 rings (SSSR count). The summed E-state index contributed by atoms with van der Waals surface area (Å²) in [5.41, 5.74) is 4.12. The molecule has 1 amide bonds. The second kappa shape index (κ2) is 9.60. The maximum atomic E-state index is 12.5. The highest BCUT2D eigenvalue weighted by Crippen LogP contribution is 2.27. The van der Waals surface area contributed by atoms with Crippen molar-refractivity contribution in [3.05, 3.63) is 54.1 Å². The fourth-order valence-corrected chi connectivity index (χ4v) is 3.89. The first-order chi connectivity index (χ1) is 14.0. The van der Waals surface area contributed by atoms with Gasteiger partial charge in [0.15, 0.2) is 11.0 Å². The van der Waals surface area contributed by atoms with Gasteiger partial charge in [0.1, 0.15) is 0 Å². The Morgan fingerprint density at radius 2 is 1.90 bits per heavy atom. The van der Waals surface area contributed by atoms with Crippen molar-refractivity contribution in [2.24, 2.45) is 0 Å². The maximum Gasteiger partial charge on any atom is 0.234 e. The van der Waals surface area contributed by atoms with Gasteiger partial charge in [0, 0.05) is 37.6 Å². The Morgan fingerprint density at radius 1 is 1.10 bits per heavy atom. The monoisotopic (exact) mass is 409 g/mol. The van der Waals surface area contributed by atoms with Crippen molar-refractivity contribution < 1.29 is 4.79 Å². The molecular weight excluding hydrogens is 382 g/mol. The number of para-hydroxylation sites is 1. The van der Waals surface area contributed by atoms with Gasteiger partial charge < -0.3 is 14.8 Å². The second-order valence-corrected chi connectivity index (χ2v) is 7.79. The van der Waals surface area contributed by atoms with Crippen LogP contribution in [0.15, 0.2) is 53.7 Å². The predicted molar refractivity (Wildman–Crippen MR) is 121 cm³/mol. The molecule has 0 aliphatic rings. The van der Waals surface area contributed by atoms with Gasteiger partial charge in [0.25, 0.3) is 0 Å². The number of benzene rings is 2. The highest BCUT2D eigenvalue weighted by atomic mass is 32.2. The first-order valence-electron chi connectivity index (χ1n) is 9.75. The summed E-state index contributed by atoms with van der Waals surface area (Å²) in [4.78, 5) is 14.5. The molecule has 0 saturated heterocycles. The molecule has 0 aliphatic heterocycles. The zero-order valence-corrected chi connectivity index (χ0v) is 18.2. The van der Waals surface area contributed by atoms with Gasteiger partial charge in [-0.15, -0.1) is 10.2 Å². The number of thioether (sulfide) groups is 1. The van der Waals surface area contributed by atoms with Gasteiger partial charge in [-0.25, -0.2) is 0 Å². The van der Waals surface area contributed by atoms with Crippen molar-refractivity contribution in [2.75, 3.05) is 30.1 Å². The largest absolute Gasteiger partial charge is 0.378 e. The molecule has 2 aromatic carbocycles. The maximum absolute atomic E-state index is 12.5. The molecule has 3 aromatic rings. The third-order valence-electron chi connectivity index (χ3n) is 4.66. The van der Waals surface area contributed by atoms with Crippen LogP contribution >= 0.6 is 11.8 Å². The van der Waals surface area contributed by atoms with Crippen molar-refractivity contribution in [2.45, 2.75) is 32.0 Å². The Labute approximate surface area is 176 Å². The molecule has 0 unspecified atom stereocenters. The summed E-state index contributed by atoms with van der Waals surface area (Å²) in [5, 5.41) is 12.5.